The molecule has 0 aliphatic carbocycles. The SMILES string of the molecule is CCN(CC(=O)O)C(=O)C1CCCN1C(=O)CC(C)(C)C. The van der Waals surface area contributed by atoms with E-state index >= 15 is 0 Å². The molecule has 1 aliphatic rings. The minimum Gasteiger partial charge on any atom is -0.480 e. The molecule has 1 saturated heterocycles. The van der Waals surface area contributed by atoms with Gasteiger partial charge in [-0.05, 0) is 25.2 Å². The molecule has 0 spiro atoms. The zero-order valence-corrected chi connectivity index (χ0v) is 13.4. The van der Waals surface area contributed by atoms with E-state index < -0.39 is 12.0 Å². The minimum absolute atomic E-state index is 0.0234. The number of carboxylic acid groups (broad SMARTS) is 1. The maximum Gasteiger partial charge on any atom is 0.323 e. The van der Waals surface area contributed by atoms with E-state index in [-0.39, 0.29) is 23.8 Å². The third-order valence-electron chi connectivity index (χ3n) is 3.56. The van der Waals surface area contributed by atoms with Crippen molar-refractivity contribution in [1.82, 2.24) is 9.80 Å². The van der Waals surface area contributed by atoms with Crippen molar-refractivity contribution >= 4 is 17.8 Å². The fraction of sp³-hybridized carbons (Fsp3) is 0.800. The van der Waals surface area contributed by atoms with E-state index in [0.29, 0.717) is 25.9 Å². The maximum absolute atomic E-state index is 12.5. The normalized spacial score (nSPS) is 18.7. The standard InChI is InChI=1S/C15H26N2O4/c1-5-16(10-13(19)20)14(21)11-7-6-8-17(11)12(18)9-15(2,3)4/h11H,5-10H2,1-4H3,(H,19,20). The molecule has 1 atom stereocenters. The highest BCUT2D eigenvalue weighted by Gasteiger charge is 2.37. The quantitative estimate of drug-likeness (QED) is 0.831. The second-order valence-electron chi connectivity index (χ2n) is 6.73. The van der Waals surface area contributed by atoms with E-state index in [9.17, 15) is 14.4 Å². The smallest absolute Gasteiger partial charge is 0.323 e. The number of aliphatic carboxylic acids is 1. The predicted molar refractivity (Wildman–Crippen MR) is 78.7 cm³/mol. The van der Waals surface area contributed by atoms with Crippen LogP contribution in [-0.2, 0) is 14.4 Å². The molecule has 0 bridgehead atoms. The summed E-state index contributed by atoms with van der Waals surface area (Å²) in [6.07, 6.45) is 1.80. The Bertz CT molecular complexity index is 414. The fourth-order valence-electron chi connectivity index (χ4n) is 2.60. The molecule has 1 fully saturated rings. The van der Waals surface area contributed by atoms with Crippen molar-refractivity contribution in [2.75, 3.05) is 19.6 Å². The largest absolute Gasteiger partial charge is 0.480 e. The molecule has 120 valence electrons. The summed E-state index contributed by atoms with van der Waals surface area (Å²) >= 11 is 0. The van der Waals surface area contributed by atoms with Gasteiger partial charge in [0.05, 0.1) is 0 Å². The number of amides is 2. The van der Waals surface area contributed by atoms with Gasteiger partial charge in [-0.15, -0.1) is 0 Å². The number of hydrogen-bond donors (Lipinski definition) is 1. The van der Waals surface area contributed by atoms with Crippen LogP contribution in [0.15, 0.2) is 0 Å². The van der Waals surface area contributed by atoms with Crippen LogP contribution < -0.4 is 0 Å². The van der Waals surface area contributed by atoms with Crippen LogP contribution in [0.25, 0.3) is 0 Å². The van der Waals surface area contributed by atoms with Crippen LogP contribution in [0.3, 0.4) is 0 Å². The first-order chi connectivity index (χ1) is 9.65. The fourth-order valence-corrected chi connectivity index (χ4v) is 2.60. The Morgan fingerprint density at radius 2 is 1.90 bits per heavy atom. The van der Waals surface area contributed by atoms with Crippen molar-refractivity contribution in [3.8, 4) is 0 Å². The van der Waals surface area contributed by atoms with E-state index in [2.05, 4.69) is 0 Å². The summed E-state index contributed by atoms with van der Waals surface area (Å²) in [6, 6.07) is -0.501. The Morgan fingerprint density at radius 1 is 1.29 bits per heavy atom. The molecule has 1 rings (SSSR count). The zero-order valence-electron chi connectivity index (χ0n) is 13.4. The average Bonchev–Trinajstić information content (AvgIpc) is 2.81. The van der Waals surface area contributed by atoms with Crippen molar-refractivity contribution in [3.05, 3.63) is 0 Å². The van der Waals surface area contributed by atoms with Crippen LogP contribution in [0.5, 0.6) is 0 Å². The van der Waals surface area contributed by atoms with E-state index in [4.69, 9.17) is 5.11 Å². The van der Waals surface area contributed by atoms with Crippen LogP contribution in [0, 0.1) is 5.41 Å². The first-order valence-corrected chi connectivity index (χ1v) is 7.45. The van der Waals surface area contributed by atoms with Gasteiger partial charge in [-0.25, -0.2) is 0 Å². The lowest BCUT2D eigenvalue weighted by molar-refractivity contribution is -0.149. The molecule has 6 heteroatoms. The Labute approximate surface area is 126 Å². The molecule has 0 aromatic rings. The average molecular weight is 298 g/mol. The summed E-state index contributed by atoms with van der Waals surface area (Å²) < 4.78 is 0. The molecule has 1 aliphatic heterocycles. The summed E-state index contributed by atoms with van der Waals surface area (Å²) in [4.78, 5) is 38.5. The molecule has 1 heterocycles. The highest BCUT2D eigenvalue weighted by Crippen LogP contribution is 2.25. The number of hydrogen-bond acceptors (Lipinski definition) is 3. The van der Waals surface area contributed by atoms with E-state index in [1.165, 1.54) is 4.90 Å². The van der Waals surface area contributed by atoms with E-state index in [0.717, 1.165) is 6.42 Å². The maximum atomic E-state index is 12.5. The van der Waals surface area contributed by atoms with E-state index in [1.54, 1.807) is 11.8 Å². The number of likely N-dealkylation sites (tertiary alicyclic amines) is 1. The van der Waals surface area contributed by atoms with Crippen molar-refractivity contribution in [2.24, 2.45) is 5.41 Å². The number of carbonyl (C=O) groups excluding carboxylic acids is 2. The van der Waals surface area contributed by atoms with Gasteiger partial charge in [0.15, 0.2) is 0 Å². The van der Waals surface area contributed by atoms with Gasteiger partial charge >= 0.3 is 5.97 Å². The molecule has 0 radical (unpaired) electrons. The van der Waals surface area contributed by atoms with Gasteiger partial charge in [0, 0.05) is 19.5 Å². The lowest BCUT2D eigenvalue weighted by atomic mass is 9.91. The third kappa shape index (κ3) is 5.02. The van der Waals surface area contributed by atoms with Crippen LogP contribution in [0.2, 0.25) is 0 Å². The van der Waals surface area contributed by atoms with Gasteiger partial charge < -0.3 is 14.9 Å². The van der Waals surface area contributed by atoms with Crippen molar-refractivity contribution in [1.29, 1.82) is 0 Å². The molecule has 0 aromatic carbocycles. The van der Waals surface area contributed by atoms with Crippen molar-refractivity contribution in [3.63, 3.8) is 0 Å². The second-order valence-corrected chi connectivity index (χ2v) is 6.73. The Hall–Kier alpha value is -1.59. The third-order valence-corrected chi connectivity index (χ3v) is 3.56. The summed E-state index contributed by atoms with van der Waals surface area (Å²) in [5, 5.41) is 8.86. The van der Waals surface area contributed by atoms with Gasteiger partial charge in [-0.1, -0.05) is 20.8 Å². The van der Waals surface area contributed by atoms with Crippen LogP contribution in [0.1, 0.15) is 47.0 Å². The summed E-state index contributed by atoms with van der Waals surface area (Å²) in [6.45, 7) is 8.31. The number of likely N-dealkylation sites (N-methyl/N-ethyl adjacent to an activating group) is 1. The highest BCUT2D eigenvalue weighted by molar-refractivity contribution is 5.90. The summed E-state index contributed by atoms with van der Waals surface area (Å²) in [5.41, 5.74) is -0.126. The Morgan fingerprint density at radius 3 is 2.38 bits per heavy atom. The molecule has 0 aromatic heterocycles. The monoisotopic (exact) mass is 298 g/mol. The molecular weight excluding hydrogens is 272 g/mol. The molecule has 1 N–H and O–H groups in total. The molecule has 21 heavy (non-hydrogen) atoms. The summed E-state index contributed by atoms with van der Waals surface area (Å²) in [5.74, 6) is -1.31. The van der Waals surface area contributed by atoms with Crippen molar-refractivity contribution in [2.45, 2.75) is 53.0 Å². The van der Waals surface area contributed by atoms with Crippen LogP contribution in [0.4, 0.5) is 0 Å². The number of nitrogens with zero attached hydrogens (tertiary/aromatic N) is 2. The zero-order chi connectivity index (χ0) is 16.2. The molecule has 0 saturated carbocycles. The van der Waals surface area contributed by atoms with Crippen LogP contribution in [-0.4, -0.2) is 58.4 Å². The first kappa shape index (κ1) is 17.5. The second kappa shape index (κ2) is 6.91. The number of carbonyl (C=O) groups is 3. The predicted octanol–water partition coefficient (Wildman–Crippen LogP) is 1.35. The first-order valence-electron chi connectivity index (χ1n) is 7.45. The van der Waals surface area contributed by atoms with E-state index in [1.807, 2.05) is 20.8 Å². The molecule has 1 unspecified atom stereocenters. The van der Waals surface area contributed by atoms with Gasteiger partial charge in [0.2, 0.25) is 11.8 Å². The minimum atomic E-state index is -1.03. The van der Waals surface area contributed by atoms with Gasteiger partial charge in [-0.2, -0.15) is 0 Å². The van der Waals surface area contributed by atoms with Gasteiger partial charge in [-0.3, -0.25) is 14.4 Å². The lowest BCUT2D eigenvalue weighted by Crippen LogP contribution is -2.49. The molecular formula is C15H26N2O4. The summed E-state index contributed by atoms with van der Waals surface area (Å²) in [7, 11) is 0. The van der Waals surface area contributed by atoms with Crippen molar-refractivity contribution < 1.29 is 19.5 Å². The van der Waals surface area contributed by atoms with Gasteiger partial charge in [0.25, 0.3) is 0 Å². The number of rotatable bonds is 5. The highest BCUT2D eigenvalue weighted by atomic mass is 16.4. The molecule has 2 amide bonds. The Balaban J connectivity index is 2.78. The Kier molecular flexibility index (Phi) is 5.75. The van der Waals surface area contributed by atoms with Crippen LogP contribution >= 0.6 is 0 Å². The van der Waals surface area contributed by atoms with Gasteiger partial charge in [0.1, 0.15) is 12.6 Å². The molecule has 6 nitrogen and oxygen atoms in total. The topological polar surface area (TPSA) is 77.9 Å². The number of carboxylic acids is 1. The lowest BCUT2D eigenvalue weighted by Gasteiger charge is -2.30.